The van der Waals surface area contributed by atoms with Gasteiger partial charge < -0.3 is 40.5 Å². The van der Waals surface area contributed by atoms with Gasteiger partial charge in [-0.3, -0.25) is 28.3 Å². The van der Waals surface area contributed by atoms with Gasteiger partial charge in [-0.25, -0.2) is 4.85 Å². The normalized spacial score (nSPS) is 11.8. The highest BCUT2D eigenvalue weighted by Crippen LogP contribution is 2.46. The van der Waals surface area contributed by atoms with E-state index in [1.807, 2.05) is 37.5 Å². The molecule has 3 heterocycles. The molecule has 2 amide bonds. The predicted molar refractivity (Wildman–Crippen MR) is 371 cm³/mol. The minimum atomic E-state index is -5.25. The molecule has 6 N–H and O–H groups in total. The van der Waals surface area contributed by atoms with E-state index in [1.165, 1.54) is 57.6 Å². The van der Waals surface area contributed by atoms with Crippen molar-refractivity contribution in [3.8, 4) is 17.6 Å². The van der Waals surface area contributed by atoms with Gasteiger partial charge in [-0.05, 0) is 114 Å². The number of nitrogens with one attached hydrogen (secondary N) is 4. The Kier molecular flexibility index (Phi) is 23.8. The van der Waals surface area contributed by atoms with Crippen molar-refractivity contribution in [1.29, 1.82) is 5.26 Å². The van der Waals surface area contributed by atoms with Crippen LogP contribution in [0.25, 0.3) is 17.0 Å². The third-order valence-corrected chi connectivity index (χ3v) is 18.7. The van der Waals surface area contributed by atoms with Crippen molar-refractivity contribution in [3.63, 3.8) is 0 Å². The zero-order valence-electron chi connectivity index (χ0n) is 52.6. The largest absolute Gasteiger partial charge is 0.494 e. The number of ether oxygens (including phenoxy) is 2. The molecule has 27 nitrogen and oxygen atoms in total. The van der Waals surface area contributed by atoms with Gasteiger partial charge in [0.25, 0.3) is 32.1 Å². The Morgan fingerprint density at radius 1 is 0.656 bits per heavy atom. The summed E-state index contributed by atoms with van der Waals surface area (Å²) in [5.41, 5.74) is 1.67. The molecule has 0 fully saturated rings. The minimum absolute atomic E-state index is 0.0101. The topological polar surface area (TPSA) is 366 Å². The number of aromatic nitrogens is 3. The first-order valence-electron chi connectivity index (χ1n) is 28.9. The summed E-state index contributed by atoms with van der Waals surface area (Å²) in [6.45, 7) is 20.2. The zero-order valence-corrected chi connectivity index (χ0v) is 56.7. The first-order valence-corrected chi connectivity index (χ1v) is 34.4. The van der Waals surface area contributed by atoms with Crippen LogP contribution in [0.3, 0.4) is 0 Å². The summed E-state index contributed by atoms with van der Waals surface area (Å²) < 4.78 is 82.9. The summed E-state index contributed by atoms with van der Waals surface area (Å²) in [5, 5.41) is 40.1. The Morgan fingerprint density at radius 2 is 1.16 bits per heavy atom. The number of hydrogen-bond acceptors (Lipinski definition) is 25. The molecule has 8 rings (SSSR count). The smallest absolute Gasteiger partial charge is 0.297 e. The molecule has 8 aromatic rings. The molecule has 0 atom stereocenters. The fourth-order valence-electron chi connectivity index (χ4n) is 9.27. The molecule has 0 unspecified atom stereocenters. The summed E-state index contributed by atoms with van der Waals surface area (Å²) in [6.07, 6.45) is 2.31. The van der Waals surface area contributed by atoms with Crippen LogP contribution in [0.1, 0.15) is 62.4 Å². The van der Waals surface area contributed by atoms with Gasteiger partial charge in [-0.15, -0.1) is 38.0 Å². The maximum absolute atomic E-state index is 13.5. The number of carbonyl (C=O) groups excluding carboxylic acids is 4. The van der Waals surface area contributed by atoms with Crippen molar-refractivity contribution in [2.24, 2.45) is 20.5 Å². The molecular formula is C64H61N15O12S5. The highest BCUT2D eigenvalue weighted by Gasteiger charge is 2.30. The standard InChI is InChI=1S/C64H61N15O12S5/c1-10-78(11-2)52-31-47(49(33-54(52)90-8)74-76-60-46(35-65)57(96(87,88)89)56(94-60)30-45(38(6)81)59(83)68-41-24-18-15-19-25-41)69-62-71-63(73-64(72-62)92-36-39-21-20-26-43(27-39)95(84,85)86)70-48-32-53(79(12-3)13-4)55(91-9)34-50(48)75-77-61-51(66-7)29-42(93-61)28-44(37(5)80)58(82)67-40-22-16-14-17-23-40/h14-34H,10-13,36H2,1-6,8-9H3,(H,67,82)(H,68,83)(H,84,85,86)(H,87,88,89)(H2,69,70,71,72,73)/b44-28+,45-30-,76-74?,77-75?. The number of azo groups is 2. The van der Waals surface area contributed by atoms with Crippen LogP contribution in [0.5, 0.6) is 11.5 Å². The van der Waals surface area contributed by atoms with Gasteiger partial charge in [0, 0.05) is 60.3 Å². The molecule has 0 aliphatic rings. The van der Waals surface area contributed by atoms with Gasteiger partial charge in [0.15, 0.2) is 21.7 Å². The lowest BCUT2D eigenvalue weighted by Gasteiger charge is -2.25. The van der Waals surface area contributed by atoms with Crippen LogP contribution in [-0.4, -0.2) is 105 Å². The van der Waals surface area contributed by atoms with Crippen molar-refractivity contribution in [3.05, 3.63) is 159 Å². The lowest BCUT2D eigenvalue weighted by Crippen LogP contribution is -2.22. The fourth-order valence-corrected chi connectivity index (χ4v) is 13.6. The van der Waals surface area contributed by atoms with Crippen molar-refractivity contribution < 1.29 is 54.6 Å². The van der Waals surface area contributed by atoms with Crippen LogP contribution < -0.4 is 40.5 Å². The van der Waals surface area contributed by atoms with E-state index in [2.05, 4.69) is 46.6 Å². The molecule has 0 aliphatic carbocycles. The zero-order chi connectivity index (χ0) is 69.4. The van der Waals surface area contributed by atoms with Gasteiger partial charge in [0.1, 0.15) is 44.4 Å². The SMILES string of the molecule is [C-]#[N+]c1cc(/C=C(\C(C)=O)C(=O)Nc2ccccc2)sc1N=Nc1cc(OC)c(N(CC)CC)cc1Nc1nc(Nc2cc(N(CC)CC)c(OC)cc2N=Nc2sc(/C=C(/C(C)=O)C(=O)Nc3ccccc3)c(S(=O)(=O)O)c2C#N)nc(SCc2cccc(S(=O)(=O)O)c2)n1. The van der Waals surface area contributed by atoms with E-state index in [4.69, 9.17) is 31.0 Å². The van der Waals surface area contributed by atoms with E-state index in [1.54, 1.807) is 91.0 Å². The third-order valence-electron chi connectivity index (χ3n) is 13.9. The molecule has 0 aliphatic heterocycles. The van der Waals surface area contributed by atoms with Gasteiger partial charge >= 0.3 is 0 Å². The summed E-state index contributed by atoms with van der Waals surface area (Å²) in [6, 6.07) is 32.1. The molecule has 3 aromatic heterocycles. The van der Waals surface area contributed by atoms with Crippen molar-refractivity contribution in [2.45, 2.75) is 62.2 Å². The molecular weight excluding hydrogens is 1330 g/mol. The number of nitrogens with zero attached hydrogens (tertiary/aromatic N) is 11. The van der Waals surface area contributed by atoms with Crippen LogP contribution in [0, 0.1) is 17.9 Å². The maximum Gasteiger partial charge on any atom is 0.297 e. The Morgan fingerprint density at radius 3 is 1.60 bits per heavy atom. The van der Waals surface area contributed by atoms with Crippen LogP contribution in [0.15, 0.2) is 162 Å². The number of rotatable bonds is 29. The molecule has 5 aromatic carbocycles. The van der Waals surface area contributed by atoms with Gasteiger partial charge in [0.05, 0.1) is 64.5 Å². The average Bonchev–Trinajstić information content (AvgIpc) is 1.56. The van der Waals surface area contributed by atoms with E-state index < -0.39 is 59.6 Å². The number of ketones is 2. The molecule has 0 spiro atoms. The number of benzene rings is 5. The first kappa shape index (κ1) is 71.3. The van der Waals surface area contributed by atoms with Gasteiger partial charge in [-0.1, -0.05) is 60.3 Å². The van der Waals surface area contributed by atoms with Crippen molar-refractivity contribution >= 4 is 163 Å². The summed E-state index contributed by atoms with van der Waals surface area (Å²) >= 11 is 2.60. The van der Waals surface area contributed by atoms with Crippen LogP contribution in [0.4, 0.5) is 73.1 Å². The number of nitriles is 1. The number of thioether (sulfide) groups is 1. The van der Waals surface area contributed by atoms with Crippen molar-refractivity contribution in [2.75, 3.05) is 71.5 Å². The number of anilines is 8. The Hall–Kier alpha value is -10.6. The number of Topliss-reactive ketones (excluding diaryl/α,β-unsaturated/α-hetero) is 2. The quantitative estimate of drug-likeness (QED) is 0.00482. The summed E-state index contributed by atoms with van der Waals surface area (Å²) in [5.74, 6) is -2.37. The molecule has 0 bridgehead atoms. The monoisotopic (exact) mass is 1390 g/mol. The highest BCUT2D eigenvalue weighted by atomic mass is 32.2. The van der Waals surface area contributed by atoms with Gasteiger partial charge in [0.2, 0.25) is 17.6 Å². The number of amides is 2. The second kappa shape index (κ2) is 32.0. The highest BCUT2D eigenvalue weighted by molar-refractivity contribution is 7.98. The van der Waals surface area contributed by atoms with E-state index >= 15 is 0 Å². The van der Waals surface area contributed by atoms with E-state index in [9.17, 15) is 50.4 Å². The second-order valence-corrected chi connectivity index (χ2v) is 26.0. The number of carbonyl (C=O) groups is 4. The van der Waals surface area contributed by atoms with E-state index in [-0.39, 0.29) is 76.6 Å². The number of para-hydroxylation sites is 2. The lowest BCUT2D eigenvalue weighted by molar-refractivity contribution is -0.120. The average molecular weight is 1390 g/mol. The molecule has 32 heteroatoms. The Balaban J connectivity index is 1.27. The van der Waals surface area contributed by atoms with Gasteiger partial charge in [-0.2, -0.15) is 42.2 Å². The maximum atomic E-state index is 13.5. The summed E-state index contributed by atoms with van der Waals surface area (Å²) in [4.78, 5) is 73.4. The predicted octanol–water partition coefficient (Wildman–Crippen LogP) is 14.5. The van der Waals surface area contributed by atoms with E-state index in [0.29, 0.717) is 82.2 Å². The van der Waals surface area contributed by atoms with Crippen LogP contribution in [0.2, 0.25) is 0 Å². The first-order chi connectivity index (χ1) is 45.9. The number of methoxy groups -OCH3 is 2. The van der Waals surface area contributed by atoms with Crippen molar-refractivity contribution in [1.82, 2.24) is 15.0 Å². The molecule has 0 radical (unpaired) electrons. The fraction of sp³-hybridized carbons (Fsp3) is 0.203. The number of hydrogen-bond donors (Lipinski definition) is 6. The second-order valence-electron chi connectivity index (χ2n) is 20.1. The Bertz CT molecular complexity index is 4730. The lowest BCUT2D eigenvalue weighted by atomic mass is 10.1. The molecule has 0 saturated heterocycles. The number of thiophene rings is 2. The third kappa shape index (κ3) is 17.8. The van der Waals surface area contributed by atoms with Crippen LogP contribution in [-0.2, 0) is 45.2 Å². The molecule has 96 heavy (non-hydrogen) atoms. The summed E-state index contributed by atoms with van der Waals surface area (Å²) in [7, 11) is -6.93. The van der Waals surface area contributed by atoms with Crippen LogP contribution >= 0.6 is 34.4 Å². The molecule has 0 saturated carbocycles. The minimum Gasteiger partial charge on any atom is -0.494 e. The Labute approximate surface area is 565 Å². The molecule has 494 valence electrons. The van der Waals surface area contributed by atoms with E-state index in [0.717, 1.165) is 36.1 Å².